The van der Waals surface area contributed by atoms with Gasteiger partial charge in [-0.05, 0) is 73.8 Å². The van der Waals surface area contributed by atoms with Gasteiger partial charge in [0.05, 0.1) is 28.0 Å². The van der Waals surface area contributed by atoms with Crippen LogP contribution in [0.4, 0.5) is 17.3 Å². The minimum atomic E-state index is -0.479. The highest BCUT2D eigenvalue weighted by molar-refractivity contribution is 6.04. The molecule has 0 N–H and O–H groups in total. The topological polar surface area (TPSA) is 29.0 Å². The summed E-state index contributed by atoms with van der Waals surface area (Å²) in [7, 11) is 0. The maximum absolute atomic E-state index is 5.60. The molecular formula is C54H37N3. The van der Waals surface area contributed by atoms with Crippen molar-refractivity contribution in [3.05, 3.63) is 221 Å². The van der Waals surface area contributed by atoms with Crippen LogP contribution in [0.15, 0.2) is 188 Å². The molecule has 3 aliphatic rings. The fourth-order valence-electron chi connectivity index (χ4n) is 10.6. The molecular weight excluding hydrogens is 691 g/mol. The Balaban J connectivity index is 1.22. The normalized spacial score (nSPS) is 14.4. The molecule has 0 aliphatic heterocycles. The largest absolute Gasteiger partial charge is 0.278 e. The zero-order valence-corrected chi connectivity index (χ0v) is 31.7. The van der Waals surface area contributed by atoms with Crippen LogP contribution in [0, 0.1) is 0 Å². The van der Waals surface area contributed by atoms with Crippen molar-refractivity contribution >= 4 is 28.2 Å². The van der Waals surface area contributed by atoms with Gasteiger partial charge in [0, 0.05) is 27.5 Å². The Morgan fingerprint density at radius 3 is 1.53 bits per heavy atom. The van der Waals surface area contributed by atoms with Crippen molar-refractivity contribution in [1.82, 2.24) is 9.97 Å². The van der Waals surface area contributed by atoms with Gasteiger partial charge in [0.15, 0.2) is 0 Å². The summed E-state index contributed by atoms with van der Waals surface area (Å²) in [6.07, 6.45) is 0. The zero-order valence-electron chi connectivity index (χ0n) is 31.7. The van der Waals surface area contributed by atoms with E-state index in [0.717, 1.165) is 33.5 Å². The van der Waals surface area contributed by atoms with Crippen LogP contribution in [-0.2, 0) is 10.8 Å². The SMILES string of the molecule is CC1(C)c2ccccc2-c2c(N(c3nc(-c4ccccc4)c4ccccc4n3)c3cccc4c3-c3ccccc3C43c4ccccc4-c4ccccc43)cccc21. The van der Waals surface area contributed by atoms with Crippen LogP contribution in [0.3, 0.4) is 0 Å². The molecule has 1 heterocycles. The molecule has 0 amide bonds. The number of para-hydroxylation sites is 1. The van der Waals surface area contributed by atoms with Gasteiger partial charge >= 0.3 is 0 Å². The molecule has 0 fully saturated rings. The third kappa shape index (κ3) is 4.21. The molecule has 8 aromatic carbocycles. The van der Waals surface area contributed by atoms with Gasteiger partial charge in [-0.2, -0.15) is 0 Å². The van der Waals surface area contributed by atoms with Crippen LogP contribution in [0.5, 0.6) is 0 Å². The average Bonchev–Trinajstić information content (AvgIpc) is 3.83. The molecule has 3 aliphatic carbocycles. The number of rotatable bonds is 4. The van der Waals surface area contributed by atoms with Gasteiger partial charge in [-0.3, -0.25) is 4.90 Å². The molecule has 0 unspecified atom stereocenters. The monoisotopic (exact) mass is 727 g/mol. The van der Waals surface area contributed by atoms with Crippen molar-refractivity contribution in [3.63, 3.8) is 0 Å². The Kier molecular flexibility index (Phi) is 6.61. The smallest absolute Gasteiger partial charge is 0.235 e. The van der Waals surface area contributed by atoms with E-state index < -0.39 is 5.41 Å². The lowest BCUT2D eigenvalue weighted by Crippen LogP contribution is -2.26. The van der Waals surface area contributed by atoms with Gasteiger partial charge in [0.2, 0.25) is 5.95 Å². The second-order valence-corrected chi connectivity index (χ2v) is 16.0. The summed E-state index contributed by atoms with van der Waals surface area (Å²) in [5, 5.41) is 1.03. The van der Waals surface area contributed by atoms with E-state index in [9.17, 15) is 0 Å². The molecule has 3 heteroatoms. The van der Waals surface area contributed by atoms with Crippen molar-refractivity contribution in [1.29, 1.82) is 0 Å². The Labute approximate surface area is 332 Å². The third-order valence-electron chi connectivity index (χ3n) is 12.9. The summed E-state index contributed by atoms with van der Waals surface area (Å²) in [4.78, 5) is 13.5. The Bertz CT molecular complexity index is 3080. The van der Waals surface area contributed by atoms with E-state index in [0.29, 0.717) is 5.95 Å². The van der Waals surface area contributed by atoms with Gasteiger partial charge in [0.1, 0.15) is 0 Å². The first kappa shape index (κ1) is 32.2. The molecule has 0 radical (unpaired) electrons. The molecule has 0 saturated carbocycles. The average molecular weight is 728 g/mol. The lowest BCUT2D eigenvalue weighted by atomic mass is 9.70. The number of nitrogens with zero attached hydrogens (tertiary/aromatic N) is 3. The van der Waals surface area contributed by atoms with E-state index in [4.69, 9.17) is 9.97 Å². The van der Waals surface area contributed by atoms with E-state index in [1.165, 1.54) is 66.8 Å². The highest BCUT2D eigenvalue weighted by atomic mass is 15.3. The minimum absolute atomic E-state index is 0.181. The molecule has 0 saturated heterocycles. The number of fused-ring (bicyclic) bond motifs is 14. The fraction of sp³-hybridized carbons (Fsp3) is 0.0741. The van der Waals surface area contributed by atoms with E-state index in [-0.39, 0.29) is 5.41 Å². The van der Waals surface area contributed by atoms with Crippen molar-refractivity contribution in [2.24, 2.45) is 0 Å². The van der Waals surface area contributed by atoms with Crippen LogP contribution >= 0.6 is 0 Å². The lowest BCUT2D eigenvalue weighted by Gasteiger charge is -2.32. The van der Waals surface area contributed by atoms with Crippen molar-refractivity contribution in [3.8, 4) is 44.6 Å². The summed E-state index contributed by atoms with van der Waals surface area (Å²) in [5.74, 6) is 0.641. The number of aromatic nitrogens is 2. The quantitative estimate of drug-likeness (QED) is 0.181. The van der Waals surface area contributed by atoms with E-state index in [1.807, 2.05) is 0 Å². The first-order valence-corrected chi connectivity index (χ1v) is 19.9. The molecule has 57 heavy (non-hydrogen) atoms. The molecule has 0 atom stereocenters. The summed E-state index contributed by atoms with van der Waals surface area (Å²) in [5.41, 5.74) is 19.7. The van der Waals surface area contributed by atoms with E-state index in [2.05, 4.69) is 207 Å². The number of hydrogen-bond acceptors (Lipinski definition) is 3. The first-order valence-electron chi connectivity index (χ1n) is 19.9. The molecule has 12 rings (SSSR count). The maximum Gasteiger partial charge on any atom is 0.235 e. The highest BCUT2D eigenvalue weighted by Gasteiger charge is 2.52. The minimum Gasteiger partial charge on any atom is -0.278 e. The molecule has 1 aromatic heterocycles. The Morgan fingerprint density at radius 2 is 0.860 bits per heavy atom. The van der Waals surface area contributed by atoms with Gasteiger partial charge in [-0.25, -0.2) is 9.97 Å². The predicted molar refractivity (Wildman–Crippen MR) is 234 cm³/mol. The van der Waals surface area contributed by atoms with Crippen LogP contribution in [-0.4, -0.2) is 9.97 Å². The Morgan fingerprint density at radius 1 is 0.386 bits per heavy atom. The zero-order chi connectivity index (χ0) is 37.9. The molecule has 0 bridgehead atoms. The highest BCUT2D eigenvalue weighted by Crippen LogP contribution is 2.65. The van der Waals surface area contributed by atoms with Crippen LogP contribution in [0.2, 0.25) is 0 Å². The summed E-state index contributed by atoms with van der Waals surface area (Å²) in [6.45, 7) is 4.70. The molecule has 9 aromatic rings. The summed E-state index contributed by atoms with van der Waals surface area (Å²) >= 11 is 0. The van der Waals surface area contributed by atoms with Crippen LogP contribution < -0.4 is 4.90 Å². The molecule has 268 valence electrons. The predicted octanol–water partition coefficient (Wildman–Crippen LogP) is 13.4. The van der Waals surface area contributed by atoms with Gasteiger partial charge in [-0.15, -0.1) is 0 Å². The van der Waals surface area contributed by atoms with Crippen molar-refractivity contribution in [2.75, 3.05) is 4.90 Å². The van der Waals surface area contributed by atoms with E-state index >= 15 is 0 Å². The van der Waals surface area contributed by atoms with Gasteiger partial charge in [0.25, 0.3) is 0 Å². The Hall–Kier alpha value is -7.10. The van der Waals surface area contributed by atoms with Gasteiger partial charge in [-0.1, -0.05) is 184 Å². The summed E-state index contributed by atoms with van der Waals surface area (Å²) < 4.78 is 0. The van der Waals surface area contributed by atoms with Crippen molar-refractivity contribution in [2.45, 2.75) is 24.7 Å². The van der Waals surface area contributed by atoms with Crippen molar-refractivity contribution < 1.29 is 0 Å². The summed E-state index contributed by atoms with van der Waals surface area (Å²) in [6, 6.07) is 68.6. The molecule has 3 nitrogen and oxygen atoms in total. The number of hydrogen-bond donors (Lipinski definition) is 0. The number of anilines is 3. The van der Waals surface area contributed by atoms with Crippen LogP contribution in [0.1, 0.15) is 47.2 Å². The standard InChI is InChI=1S/C54H37N3/c1-53(2)40-25-11-8-22-37(40)49-44(53)29-16-32-47(49)57(52-55-46-31-15-10-24-39(46)51(56-52)34-18-4-3-5-19-34)48-33-17-30-45-50(48)38-23-9-14-28-43(38)54(45)41-26-12-6-20-35(41)36-21-7-13-27-42(36)54/h3-33H,1-2H3. The first-order chi connectivity index (χ1) is 28.1. The van der Waals surface area contributed by atoms with Gasteiger partial charge < -0.3 is 0 Å². The maximum atomic E-state index is 5.60. The second-order valence-electron chi connectivity index (χ2n) is 16.0. The number of benzene rings is 8. The third-order valence-corrected chi connectivity index (χ3v) is 12.9. The van der Waals surface area contributed by atoms with Crippen LogP contribution in [0.25, 0.3) is 55.5 Å². The molecule has 1 spiro atoms. The second kappa shape index (κ2) is 11.7. The lowest BCUT2D eigenvalue weighted by molar-refractivity contribution is 0.660. The fourth-order valence-corrected chi connectivity index (χ4v) is 10.6. The van der Waals surface area contributed by atoms with E-state index in [1.54, 1.807) is 0 Å².